The van der Waals surface area contributed by atoms with Gasteiger partial charge in [0.15, 0.2) is 0 Å². The van der Waals surface area contributed by atoms with Crippen molar-refractivity contribution in [3.8, 4) is 0 Å². The summed E-state index contributed by atoms with van der Waals surface area (Å²) in [6.45, 7) is 1.67. The molecule has 0 aliphatic heterocycles. The molecule has 0 fully saturated rings. The van der Waals surface area contributed by atoms with Crippen LogP contribution in [0.25, 0.3) is 0 Å². The Labute approximate surface area is 86.2 Å². The van der Waals surface area contributed by atoms with Gasteiger partial charge in [-0.1, -0.05) is 0 Å². The average molecular weight is 209 g/mol. The van der Waals surface area contributed by atoms with Gasteiger partial charge in [-0.25, -0.2) is 0 Å². The number of carbonyl (C=O) groups is 1. The molecule has 0 spiro atoms. The van der Waals surface area contributed by atoms with Gasteiger partial charge in [0.1, 0.15) is 5.69 Å². The second kappa shape index (κ2) is 3.95. The minimum Gasteiger partial charge on any atom is -0.393 e. The van der Waals surface area contributed by atoms with E-state index >= 15 is 0 Å². The molecule has 80 valence electrons. The van der Waals surface area contributed by atoms with E-state index in [9.17, 15) is 14.9 Å². The molecule has 1 aromatic rings. The molecule has 15 heavy (non-hydrogen) atoms. The Hall–Kier alpha value is -2.11. The Morgan fingerprint density at radius 2 is 2.13 bits per heavy atom. The summed E-state index contributed by atoms with van der Waals surface area (Å²) in [6, 6.07) is 2.85. The SMILES string of the molecule is CNC(=O)c1cc(C)cc([N+](=O)[O-])c1N. The van der Waals surface area contributed by atoms with E-state index in [4.69, 9.17) is 5.73 Å². The largest absolute Gasteiger partial charge is 0.393 e. The van der Waals surface area contributed by atoms with E-state index in [0.717, 1.165) is 0 Å². The normalized spacial score (nSPS) is 9.73. The van der Waals surface area contributed by atoms with Crippen molar-refractivity contribution in [2.24, 2.45) is 0 Å². The first kappa shape index (κ1) is 11.0. The highest BCUT2D eigenvalue weighted by molar-refractivity contribution is 6.01. The van der Waals surface area contributed by atoms with Crippen LogP contribution in [0, 0.1) is 17.0 Å². The third-order valence-electron chi connectivity index (χ3n) is 1.97. The third kappa shape index (κ3) is 2.04. The van der Waals surface area contributed by atoms with E-state index in [1.807, 2.05) is 0 Å². The molecule has 0 bridgehead atoms. The van der Waals surface area contributed by atoms with Crippen molar-refractivity contribution in [2.45, 2.75) is 6.92 Å². The maximum atomic E-state index is 11.3. The maximum absolute atomic E-state index is 11.3. The van der Waals surface area contributed by atoms with Gasteiger partial charge >= 0.3 is 0 Å². The molecule has 0 saturated heterocycles. The Morgan fingerprint density at radius 1 is 1.53 bits per heavy atom. The van der Waals surface area contributed by atoms with Gasteiger partial charge in [-0.05, 0) is 18.6 Å². The van der Waals surface area contributed by atoms with Crippen molar-refractivity contribution < 1.29 is 9.72 Å². The molecule has 6 nitrogen and oxygen atoms in total. The lowest BCUT2D eigenvalue weighted by Crippen LogP contribution is -2.20. The van der Waals surface area contributed by atoms with E-state index in [-0.39, 0.29) is 16.9 Å². The van der Waals surface area contributed by atoms with Crippen molar-refractivity contribution in [3.05, 3.63) is 33.4 Å². The molecule has 0 atom stereocenters. The maximum Gasteiger partial charge on any atom is 0.293 e. The van der Waals surface area contributed by atoms with Crippen LogP contribution in [0.1, 0.15) is 15.9 Å². The number of aryl methyl sites for hydroxylation is 1. The minimum absolute atomic E-state index is 0.107. The number of nitro groups is 1. The number of nitrogens with zero attached hydrogens (tertiary/aromatic N) is 1. The van der Waals surface area contributed by atoms with Crippen molar-refractivity contribution >= 4 is 17.3 Å². The first-order valence-electron chi connectivity index (χ1n) is 4.24. The summed E-state index contributed by atoms with van der Waals surface area (Å²) in [5, 5.41) is 13.0. The molecule has 0 heterocycles. The molecule has 0 radical (unpaired) electrons. The molecule has 0 aliphatic carbocycles. The van der Waals surface area contributed by atoms with E-state index in [1.54, 1.807) is 6.92 Å². The summed E-state index contributed by atoms with van der Waals surface area (Å²) in [5.41, 5.74) is 5.93. The molecular weight excluding hydrogens is 198 g/mol. The van der Waals surface area contributed by atoms with E-state index in [2.05, 4.69) is 5.32 Å². The second-order valence-electron chi connectivity index (χ2n) is 3.08. The zero-order chi connectivity index (χ0) is 11.6. The molecule has 0 unspecified atom stereocenters. The topological polar surface area (TPSA) is 98.3 Å². The van der Waals surface area contributed by atoms with Gasteiger partial charge in [0.2, 0.25) is 0 Å². The number of amides is 1. The van der Waals surface area contributed by atoms with E-state index < -0.39 is 10.8 Å². The smallest absolute Gasteiger partial charge is 0.293 e. The fraction of sp³-hybridized carbons (Fsp3) is 0.222. The van der Waals surface area contributed by atoms with Gasteiger partial charge in [-0.2, -0.15) is 0 Å². The lowest BCUT2D eigenvalue weighted by molar-refractivity contribution is -0.384. The van der Waals surface area contributed by atoms with Crippen LogP contribution in [0.3, 0.4) is 0 Å². The number of hydrogen-bond acceptors (Lipinski definition) is 4. The fourth-order valence-corrected chi connectivity index (χ4v) is 1.25. The first-order valence-corrected chi connectivity index (χ1v) is 4.24. The number of nitro benzene ring substituents is 1. The standard InChI is InChI=1S/C9H11N3O3/c1-5-3-6(9(13)11-2)8(10)7(4-5)12(14)15/h3-4H,10H2,1-2H3,(H,11,13). The molecule has 1 rings (SSSR count). The number of nitrogens with two attached hydrogens (primary N) is 1. The second-order valence-corrected chi connectivity index (χ2v) is 3.08. The highest BCUT2D eigenvalue weighted by Crippen LogP contribution is 2.26. The van der Waals surface area contributed by atoms with Gasteiger partial charge in [-0.15, -0.1) is 0 Å². The summed E-state index contributed by atoms with van der Waals surface area (Å²) >= 11 is 0. The Balaban J connectivity index is 3.41. The lowest BCUT2D eigenvalue weighted by atomic mass is 10.1. The number of nitrogen functional groups attached to an aromatic ring is 1. The van der Waals surface area contributed by atoms with Gasteiger partial charge < -0.3 is 11.1 Å². The summed E-state index contributed by atoms with van der Waals surface area (Å²) < 4.78 is 0. The van der Waals surface area contributed by atoms with Crippen molar-refractivity contribution in [1.29, 1.82) is 0 Å². The van der Waals surface area contributed by atoms with Crippen LogP contribution in [0.2, 0.25) is 0 Å². The number of anilines is 1. The van der Waals surface area contributed by atoms with Gasteiger partial charge in [0, 0.05) is 13.1 Å². The third-order valence-corrected chi connectivity index (χ3v) is 1.97. The van der Waals surface area contributed by atoms with Gasteiger partial charge in [0.25, 0.3) is 11.6 Å². The number of hydrogen-bond donors (Lipinski definition) is 2. The molecular formula is C9H11N3O3. The summed E-state index contributed by atoms with van der Waals surface area (Å²) in [6.07, 6.45) is 0. The van der Waals surface area contributed by atoms with Crippen LogP contribution >= 0.6 is 0 Å². The zero-order valence-corrected chi connectivity index (χ0v) is 8.40. The summed E-state index contributed by atoms with van der Waals surface area (Å²) in [4.78, 5) is 21.4. The van der Waals surface area contributed by atoms with Crippen LogP contribution in [-0.2, 0) is 0 Å². The average Bonchev–Trinajstić information content (AvgIpc) is 2.19. The lowest BCUT2D eigenvalue weighted by Gasteiger charge is -2.06. The Morgan fingerprint density at radius 3 is 2.60 bits per heavy atom. The van der Waals surface area contributed by atoms with Crippen LogP contribution in [0.15, 0.2) is 12.1 Å². The Kier molecular flexibility index (Phi) is 2.89. The number of benzene rings is 1. The number of carbonyl (C=O) groups excluding carboxylic acids is 1. The molecule has 3 N–H and O–H groups in total. The Bertz CT molecular complexity index is 429. The first-order chi connectivity index (χ1) is 6.97. The van der Waals surface area contributed by atoms with Crippen LogP contribution in [-0.4, -0.2) is 17.9 Å². The minimum atomic E-state index is -0.602. The predicted octanol–water partition coefficient (Wildman–Crippen LogP) is 0.845. The van der Waals surface area contributed by atoms with Crippen LogP contribution < -0.4 is 11.1 Å². The molecule has 0 aromatic heterocycles. The van der Waals surface area contributed by atoms with Crippen molar-refractivity contribution in [1.82, 2.24) is 5.32 Å². The molecule has 1 amide bonds. The molecule has 0 saturated carbocycles. The van der Waals surface area contributed by atoms with Gasteiger partial charge in [-0.3, -0.25) is 14.9 Å². The zero-order valence-electron chi connectivity index (χ0n) is 8.40. The van der Waals surface area contributed by atoms with Gasteiger partial charge in [0.05, 0.1) is 10.5 Å². The molecule has 0 aliphatic rings. The van der Waals surface area contributed by atoms with Crippen molar-refractivity contribution in [2.75, 3.05) is 12.8 Å². The highest BCUT2D eigenvalue weighted by atomic mass is 16.6. The van der Waals surface area contributed by atoms with Crippen LogP contribution in [0.4, 0.5) is 11.4 Å². The van der Waals surface area contributed by atoms with E-state index in [0.29, 0.717) is 5.56 Å². The van der Waals surface area contributed by atoms with Crippen LogP contribution in [0.5, 0.6) is 0 Å². The fourth-order valence-electron chi connectivity index (χ4n) is 1.25. The monoisotopic (exact) mass is 209 g/mol. The number of rotatable bonds is 2. The molecule has 1 aromatic carbocycles. The predicted molar refractivity (Wildman–Crippen MR) is 55.6 cm³/mol. The quantitative estimate of drug-likeness (QED) is 0.428. The summed E-state index contributed by atoms with van der Waals surface area (Å²) in [5.74, 6) is -0.431. The molecule has 6 heteroatoms. The highest BCUT2D eigenvalue weighted by Gasteiger charge is 2.19. The van der Waals surface area contributed by atoms with E-state index in [1.165, 1.54) is 19.2 Å². The number of nitrogens with one attached hydrogen (secondary N) is 1. The summed E-state index contributed by atoms with van der Waals surface area (Å²) in [7, 11) is 1.44. The van der Waals surface area contributed by atoms with Crippen molar-refractivity contribution in [3.63, 3.8) is 0 Å².